The average molecular weight is 391 g/mol. The number of rotatable bonds is 6. The molecule has 2 aromatic carbocycles. The molecule has 1 atom stereocenters. The fourth-order valence-electron chi connectivity index (χ4n) is 3.88. The Morgan fingerprint density at radius 1 is 1.07 bits per heavy atom. The van der Waals surface area contributed by atoms with Crippen LogP contribution in [0.25, 0.3) is 0 Å². The third-order valence-corrected chi connectivity index (χ3v) is 5.80. The number of aliphatic hydroxyl groups is 1. The Labute approximate surface area is 166 Å². The van der Waals surface area contributed by atoms with Crippen molar-refractivity contribution < 1.29 is 9.50 Å². The second-order valence-electron chi connectivity index (χ2n) is 7.73. The maximum absolute atomic E-state index is 13.4. The van der Waals surface area contributed by atoms with E-state index in [9.17, 15) is 9.50 Å². The first-order valence-electron chi connectivity index (χ1n) is 9.50. The van der Waals surface area contributed by atoms with Crippen molar-refractivity contribution in [2.75, 3.05) is 33.7 Å². The number of halogens is 2. The van der Waals surface area contributed by atoms with Gasteiger partial charge < -0.3 is 10.0 Å². The number of hydrogen-bond donors (Lipinski definition) is 1. The van der Waals surface area contributed by atoms with Gasteiger partial charge in [-0.2, -0.15) is 0 Å². The fraction of sp³-hybridized carbons (Fsp3) is 0.455. The van der Waals surface area contributed by atoms with Gasteiger partial charge in [0.25, 0.3) is 0 Å². The maximum Gasteiger partial charge on any atom is 0.123 e. The molecule has 0 bridgehead atoms. The van der Waals surface area contributed by atoms with Crippen LogP contribution in [0.3, 0.4) is 0 Å². The first kappa shape index (κ1) is 20.3. The van der Waals surface area contributed by atoms with Crippen molar-refractivity contribution in [3.05, 3.63) is 70.5 Å². The third kappa shape index (κ3) is 5.08. The molecule has 1 aliphatic heterocycles. The summed E-state index contributed by atoms with van der Waals surface area (Å²) in [4.78, 5) is 4.59. The Bertz CT molecular complexity index is 725. The summed E-state index contributed by atoms with van der Waals surface area (Å²) in [6.07, 6.45) is 2.32. The van der Waals surface area contributed by atoms with Crippen LogP contribution >= 0.6 is 11.6 Å². The zero-order chi connectivity index (χ0) is 19.4. The average Bonchev–Trinajstić information content (AvgIpc) is 2.65. The zero-order valence-electron chi connectivity index (χ0n) is 16.0. The van der Waals surface area contributed by atoms with Crippen molar-refractivity contribution in [1.29, 1.82) is 0 Å². The van der Waals surface area contributed by atoms with Crippen molar-refractivity contribution >= 4 is 11.6 Å². The molecule has 5 heteroatoms. The summed E-state index contributed by atoms with van der Waals surface area (Å²) < 4.78 is 13.4. The molecule has 0 radical (unpaired) electrons. The molecule has 0 aliphatic carbocycles. The molecule has 2 aromatic rings. The predicted molar refractivity (Wildman–Crippen MR) is 108 cm³/mol. The van der Waals surface area contributed by atoms with Crippen molar-refractivity contribution in [3.63, 3.8) is 0 Å². The van der Waals surface area contributed by atoms with Gasteiger partial charge in [0.2, 0.25) is 0 Å². The first-order chi connectivity index (χ1) is 12.9. The summed E-state index contributed by atoms with van der Waals surface area (Å²) >= 11 is 5.98. The molecule has 0 aromatic heterocycles. The molecule has 3 rings (SSSR count). The lowest BCUT2D eigenvalue weighted by Crippen LogP contribution is -2.44. The second-order valence-corrected chi connectivity index (χ2v) is 8.17. The summed E-state index contributed by atoms with van der Waals surface area (Å²) in [6, 6.07) is 14.6. The van der Waals surface area contributed by atoms with E-state index in [0.717, 1.165) is 37.2 Å². The van der Waals surface area contributed by atoms with Gasteiger partial charge in [-0.15, -0.1) is 0 Å². The molecule has 0 spiro atoms. The highest BCUT2D eigenvalue weighted by atomic mass is 35.5. The largest absolute Gasteiger partial charge is 0.385 e. The SMILES string of the molecule is CN(C)CCC(c1ccc(F)cc1)N1CCC(O)(c2ccc(Cl)cc2)CC1. The van der Waals surface area contributed by atoms with E-state index >= 15 is 0 Å². The van der Waals surface area contributed by atoms with Crippen LogP contribution < -0.4 is 0 Å². The van der Waals surface area contributed by atoms with E-state index in [1.165, 1.54) is 12.1 Å². The first-order valence-corrected chi connectivity index (χ1v) is 9.88. The molecule has 1 N–H and O–H groups in total. The monoisotopic (exact) mass is 390 g/mol. The van der Waals surface area contributed by atoms with Crippen molar-refractivity contribution in [2.45, 2.75) is 30.9 Å². The molecule has 3 nitrogen and oxygen atoms in total. The van der Waals surface area contributed by atoms with Crippen LogP contribution in [0.5, 0.6) is 0 Å². The predicted octanol–water partition coefficient (Wildman–Crippen LogP) is 4.46. The molecular formula is C22H28ClFN2O. The highest BCUT2D eigenvalue weighted by Gasteiger charge is 2.36. The van der Waals surface area contributed by atoms with Gasteiger partial charge in [-0.1, -0.05) is 35.9 Å². The fourth-order valence-corrected chi connectivity index (χ4v) is 4.01. The number of benzene rings is 2. The molecule has 1 saturated heterocycles. The lowest BCUT2D eigenvalue weighted by atomic mass is 9.83. The molecule has 1 unspecified atom stereocenters. The lowest BCUT2D eigenvalue weighted by molar-refractivity contribution is -0.0374. The van der Waals surface area contributed by atoms with Crippen LogP contribution in [-0.4, -0.2) is 48.6 Å². The van der Waals surface area contributed by atoms with E-state index in [0.29, 0.717) is 17.9 Å². The van der Waals surface area contributed by atoms with Gasteiger partial charge in [0.15, 0.2) is 0 Å². The van der Waals surface area contributed by atoms with Crippen LogP contribution in [0.15, 0.2) is 48.5 Å². The normalized spacial score (nSPS) is 18.6. The topological polar surface area (TPSA) is 26.7 Å². The summed E-state index contributed by atoms with van der Waals surface area (Å²) in [5, 5.41) is 11.8. The van der Waals surface area contributed by atoms with Gasteiger partial charge in [0.1, 0.15) is 5.82 Å². The molecule has 27 heavy (non-hydrogen) atoms. The van der Waals surface area contributed by atoms with E-state index in [2.05, 4.69) is 23.9 Å². The number of piperidine rings is 1. The van der Waals surface area contributed by atoms with Crippen LogP contribution in [0.4, 0.5) is 4.39 Å². The summed E-state index contributed by atoms with van der Waals surface area (Å²) in [7, 11) is 4.13. The van der Waals surface area contributed by atoms with Gasteiger partial charge in [-0.3, -0.25) is 4.90 Å². The summed E-state index contributed by atoms with van der Waals surface area (Å²) in [5.74, 6) is -0.208. The highest BCUT2D eigenvalue weighted by molar-refractivity contribution is 6.30. The van der Waals surface area contributed by atoms with Crippen molar-refractivity contribution in [1.82, 2.24) is 9.80 Å². The molecule has 0 saturated carbocycles. The van der Waals surface area contributed by atoms with Gasteiger partial charge >= 0.3 is 0 Å². The number of nitrogens with zero attached hydrogens (tertiary/aromatic N) is 2. The van der Waals surface area contributed by atoms with E-state index < -0.39 is 5.60 Å². The molecule has 1 aliphatic rings. The second kappa shape index (κ2) is 8.70. The minimum Gasteiger partial charge on any atom is -0.385 e. The van der Waals surface area contributed by atoms with Gasteiger partial charge in [-0.25, -0.2) is 4.39 Å². The van der Waals surface area contributed by atoms with Crippen LogP contribution in [0.1, 0.15) is 36.4 Å². The Morgan fingerprint density at radius 2 is 1.67 bits per heavy atom. The van der Waals surface area contributed by atoms with Gasteiger partial charge in [0.05, 0.1) is 5.60 Å². The van der Waals surface area contributed by atoms with Crippen molar-refractivity contribution in [3.8, 4) is 0 Å². The summed E-state index contributed by atoms with van der Waals surface area (Å²) in [6.45, 7) is 2.56. The standard InChI is InChI=1S/C22H28ClFN2O/c1-25(2)14-11-21(17-3-9-20(24)10-4-17)26-15-12-22(27,13-16-26)18-5-7-19(23)8-6-18/h3-10,21,27H,11-16H2,1-2H3. The van der Waals surface area contributed by atoms with E-state index in [-0.39, 0.29) is 11.9 Å². The minimum absolute atomic E-state index is 0.208. The molecule has 146 valence electrons. The summed E-state index contributed by atoms with van der Waals surface area (Å²) in [5.41, 5.74) is 1.25. The van der Waals surface area contributed by atoms with Crippen LogP contribution in [-0.2, 0) is 5.60 Å². The minimum atomic E-state index is -0.810. The van der Waals surface area contributed by atoms with E-state index in [1.54, 1.807) is 0 Å². The molecule has 1 fully saturated rings. The van der Waals surface area contributed by atoms with Gasteiger partial charge in [-0.05, 0) is 75.3 Å². The third-order valence-electron chi connectivity index (χ3n) is 5.55. The smallest absolute Gasteiger partial charge is 0.123 e. The van der Waals surface area contributed by atoms with Gasteiger partial charge in [0, 0.05) is 24.2 Å². The lowest BCUT2D eigenvalue weighted by Gasteiger charge is -2.42. The Morgan fingerprint density at radius 3 is 2.22 bits per heavy atom. The zero-order valence-corrected chi connectivity index (χ0v) is 16.8. The number of likely N-dealkylation sites (tertiary alicyclic amines) is 1. The van der Waals surface area contributed by atoms with E-state index in [4.69, 9.17) is 11.6 Å². The molecule has 1 heterocycles. The Hall–Kier alpha value is -1.46. The highest BCUT2D eigenvalue weighted by Crippen LogP contribution is 2.37. The molecular weight excluding hydrogens is 363 g/mol. The van der Waals surface area contributed by atoms with Crippen LogP contribution in [0.2, 0.25) is 5.02 Å². The number of hydrogen-bond acceptors (Lipinski definition) is 3. The van der Waals surface area contributed by atoms with Crippen LogP contribution in [0, 0.1) is 5.82 Å². The van der Waals surface area contributed by atoms with E-state index in [1.807, 2.05) is 36.4 Å². The quantitative estimate of drug-likeness (QED) is 0.789. The molecule has 0 amide bonds. The Balaban J connectivity index is 1.73. The van der Waals surface area contributed by atoms with Crippen molar-refractivity contribution in [2.24, 2.45) is 0 Å². The maximum atomic E-state index is 13.4. The Kier molecular flexibility index (Phi) is 6.53.